The van der Waals surface area contributed by atoms with Crippen molar-refractivity contribution in [3.05, 3.63) is 23.8 Å². The van der Waals surface area contributed by atoms with Gasteiger partial charge in [0, 0.05) is 6.42 Å². The molecule has 1 aromatic rings. The van der Waals surface area contributed by atoms with E-state index in [4.69, 9.17) is 0 Å². The molecule has 0 saturated heterocycles. The van der Waals surface area contributed by atoms with Crippen LogP contribution >= 0.6 is 0 Å². The number of carbonyl (C=O) groups is 1. The van der Waals surface area contributed by atoms with E-state index in [9.17, 15) is 15.0 Å². The van der Waals surface area contributed by atoms with Crippen molar-refractivity contribution in [3.63, 3.8) is 0 Å². The lowest BCUT2D eigenvalue weighted by Crippen LogP contribution is -1.99. The van der Waals surface area contributed by atoms with E-state index in [1.807, 2.05) is 0 Å². The molecule has 0 aliphatic heterocycles. The maximum atomic E-state index is 10.8. The first-order valence-electron chi connectivity index (χ1n) is 5.21. The highest BCUT2D eigenvalue weighted by molar-refractivity contribution is 5.68. The van der Waals surface area contributed by atoms with Crippen LogP contribution in [0, 0.1) is 0 Å². The highest BCUT2D eigenvalue weighted by Crippen LogP contribution is 2.29. The number of para-hydroxylation sites is 1. The predicted molar refractivity (Wildman–Crippen MR) is 59.3 cm³/mol. The summed E-state index contributed by atoms with van der Waals surface area (Å²) in [6, 6.07) is 4.88. The summed E-state index contributed by atoms with van der Waals surface area (Å²) in [7, 11) is 1.36. The summed E-state index contributed by atoms with van der Waals surface area (Å²) in [5.74, 6) is -0.397. The zero-order valence-electron chi connectivity index (χ0n) is 9.27. The van der Waals surface area contributed by atoms with Gasteiger partial charge in [-0.05, 0) is 30.9 Å². The number of aryl methyl sites for hydroxylation is 1. The van der Waals surface area contributed by atoms with Crippen molar-refractivity contribution in [1.29, 1.82) is 0 Å². The molecule has 0 atom stereocenters. The molecule has 1 aromatic carbocycles. The fourth-order valence-electron chi connectivity index (χ4n) is 1.47. The molecule has 88 valence electrons. The summed E-state index contributed by atoms with van der Waals surface area (Å²) in [5, 5.41) is 18.8. The van der Waals surface area contributed by atoms with Gasteiger partial charge in [-0.2, -0.15) is 0 Å². The lowest BCUT2D eigenvalue weighted by Gasteiger charge is -2.05. The van der Waals surface area contributed by atoms with Crippen molar-refractivity contribution in [2.24, 2.45) is 0 Å². The van der Waals surface area contributed by atoms with E-state index in [1.165, 1.54) is 13.2 Å². The van der Waals surface area contributed by atoms with Gasteiger partial charge in [0.05, 0.1) is 7.11 Å². The largest absolute Gasteiger partial charge is 0.504 e. The second kappa shape index (κ2) is 6.00. The summed E-state index contributed by atoms with van der Waals surface area (Å²) in [4.78, 5) is 10.8. The first kappa shape index (κ1) is 12.4. The maximum Gasteiger partial charge on any atom is 0.305 e. The summed E-state index contributed by atoms with van der Waals surface area (Å²) in [5.41, 5.74) is 0.699. The molecule has 0 aliphatic rings. The number of hydrogen-bond donors (Lipinski definition) is 2. The Morgan fingerprint density at radius 3 is 2.75 bits per heavy atom. The molecular formula is C12H16O4. The monoisotopic (exact) mass is 224 g/mol. The van der Waals surface area contributed by atoms with Gasteiger partial charge in [-0.3, -0.25) is 4.79 Å². The van der Waals surface area contributed by atoms with Crippen LogP contribution in [0.4, 0.5) is 0 Å². The maximum absolute atomic E-state index is 10.8. The topological polar surface area (TPSA) is 66.8 Å². The van der Waals surface area contributed by atoms with Crippen LogP contribution in [0.15, 0.2) is 18.2 Å². The van der Waals surface area contributed by atoms with Gasteiger partial charge in [-0.1, -0.05) is 12.1 Å². The molecule has 0 saturated carbocycles. The van der Waals surface area contributed by atoms with E-state index in [-0.39, 0.29) is 17.5 Å². The molecule has 4 nitrogen and oxygen atoms in total. The molecule has 0 amide bonds. The van der Waals surface area contributed by atoms with Crippen LogP contribution in [0.25, 0.3) is 0 Å². The minimum absolute atomic E-state index is 0.0689. The second-order valence-corrected chi connectivity index (χ2v) is 3.57. The average molecular weight is 224 g/mol. The van der Waals surface area contributed by atoms with E-state index in [1.54, 1.807) is 12.1 Å². The Morgan fingerprint density at radius 1 is 1.31 bits per heavy atom. The van der Waals surface area contributed by atoms with Gasteiger partial charge in [0.1, 0.15) is 0 Å². The van der Waals surface area contributed by atoms with Crippen LogP contribution in [0.1, 0.15) is 24.8 Å². The van der Waals surface area contributed by atoms with Crippen molar-refractivity contribution in [1.82, 2.24) is 0 Å². The molecule has 4 heteroatoms. The van der Waals surface area contributed by atoms with Crippen molar-refractivity contribution < 1.29 is 19.7 Å². The Morgan fingerprint density at radius 2 is 2.06 bits per heavy atom. The standard InChI is InChI=1S/C12H16O4/c1-16-11(14)8-3-2-5-9-6-4-7-10(13)12(9)15/h4,6-7,13,15H,2-3,5,8H2,1H3. The van der Waals surface area contributed by atoms with Crippen LogP contribution in [0.3, 0.4) is 0 Å². The van der Waals surface area contributed by atoms with Gasteiger partial charge in [0.2, 0.25) is 0 Å². The number of ether oxygens (including phenoxy) is 1. The van der Waals surface area contributed by atoms with Crippen LogP contribution in [0.2, 0.25) is 0 Å². The minimum Gasteiger partial charge on any atom is -0.504 e. The second-order valence-electron chi connectivity index (χ2n) is 3.57. The molecule has 1 rings (SSSR count). The van der Waals surface area contributed by atoms with Gasteiger partial charge in [0.15, 0.2) is 11.5 Å². The number of aromatic hydroxyl groups is 2. The van der Waals surface area contributed by atoms with Crippen LogP contribution < -0.4 is 0 Å². The molecular weight excluding hydrogens is 208 g/mol. The quantitative estimate of drug-likeness (QED) is 0.456. The predicted octanol–water partition coefficient (Wildman–Crippen LogP) is 1.98. The van der Waals surface area contributed by atoms with Crippen LogP contribution in [0.5, 0.6) is 11.5 Å². The number of methoxy groups -OCH3 is 1. The van der Waals surface area contributed by atoms with Gasteiger partial charge < -0.3 is 14.9 Å². The minimum atomic E-state index is -0.222. The van der Waals surface area contributed by atoms with Crippen molar-refractivity contribution in [2.75, 3.05) is 7.11 Å². The van der Waals surface area contributed by atoms with Crippen LogP contribution in [-0.2, 0) is 16.0 Å². The Hall–Kier alpha value is -1.71. The van der Waals surface area contributed by atoms with Gasteiger partial charge in [0.25, 0.3) is 0 Å². The van der Waals surface area contributed by atoms with E-state index in [2.05, 4.69) is 4.74 Å². The zero-order valence-corrected chi connectivity index (χ0v) is 9.27. The third-order valence-electron chi connectivity index (χ3n) is 2.40. The lowest BCUT2D eigenvalue weighted by molar-refractivity contribution is -0.140. The fourth-order valence-corrected chi connectivity index (χ4v) is 1.47. The smallest absolute Gasteiger partial charge is 0.305 e. The van der Waals surface area contributed by atoms with E-state index in [0.717, 1.165) is 6.42 Å². The molecule has 16 heavy (non-hydrogen) atoms. The third-order valence-corrected chi connectivity index (χ3v) is 2.40. The van der Waals surface area contributed by atoms with Crippen molar-refractivity contribution in [3.8, 4) is 11.5 Å². The molecule has 0 radical (unpaired) electrons. The number of phenols is 2. The summed E-state index contributed by atoms with van der Waals surface area (Å²) in [6.07, 6.45) is 2.50. The number of phenolic OH excluding ortho intramolecular Hbond substituents is 2. The molecule has 0 heterocycles. The van der Waals surface area contributed by atoms with E-state index < -0.39 is 0 Å². The Kier molecular flexibility index (Phi) is 4.64. The molecule has 0 aromatic heterocycles. The Balaban J connectivity index is 2.38. The number of benzene rings is 1. The van der Waals surface area contributed by atoms with Crippen molar-refractivity contribution in [2.45, 2.75) is 25.7 Å². The number of unbranched alkanes of at least 4 members (excludes halogenated alkanes) is 1. The molecule has 0 fully saturated rings. The normalized spacial score (nSPS) is 10.1. The SMILES string of the molecule is COC(=O)CCCCc1cccc(O)c1O. The Labute approximate surface area is 94.5 Å². The number of esters is 1. The van der Waals surface area contributed by atoms with Gasteiger partial charge in [-0.15, -0.1) is 0 Å². The zero-order chi connectivity index (χ0) is 12.0. The third kappa shape index (κ3) is 3.46. The number of rotatable bonds is 5. The number of hydrogen-bond acceptors (Lipinski definition) is 4. The lowest BCUT2D eigenvalue weighted by atomic mass is 10.1. The van der Waals surface area contributed by atoms with E-state index >= 15 is 0 Å². The first-order valence-corrected chi connectivity index (χ1v) is 5.21. The van der Waals surface area contributed by atoms with Crippen molar-refractivity contribution >= 4 is 5.97 Å². The molecule has 2 N–H and O–H groups in total. The van der Waals surface area contributed by atoms with Gasteiger partial charge in [-0.25, -0.2) is 0 Å². The first-order chi connectivity index (χ1) is 7.65. The summed E-state index contributed by atoms with van der Waals surface area (Å²) >= 11 is 0. The van der Waals surface area contributed by atoms with E-state index in [0.29, 0.717) is 24.8 Å². The summed E-state index contributed by atoms with van der Waals surface area (Å²) < 4.78 is 4.52. The Bertz CT molecular complexity index is 360. The summed E-state index contributed by atoms with van der Waals surface area (Å²) in [6.45, 7) is 0. The fraction of sp³-hybridized carbons (Fsp3) is 0.417. The molecule has 0 bridgehead atoms. The van der Waals surface area contributed by atoms with Gasteiger partial charge >= 0.3 is 5.97 Å². The highest BCUT2D eigenvalue weighted by Gasteiger charge is 2.06. The molecule has 0 aliphatic carbocycles. The number of carbonyl (C=O) groups excluding carboxylic acids is 1. The van der Waals surface area contributed by atoms with Crippen LogP contribution in [-0.4, -0.2) is 23.3 Å². The molecule has 0 unspecified atom stereocenters. The molecule has 0 spiro atoms. The average Bonchev–Trinajstić information content (AvgIpc) is 2.29. The highest BCUT2D eigenvalue weighted by atomic mass is 16.5.